The van der Waals surface area contributed by atoms with Crippen molar-refractivity contribution >= 4 is 17.9 Å². The third-order valence-corrected chi connectivity index (χ3v) is 6.71. The van der Waals surface area contributed by atoms with Gasteiger partial charge in [0.2, 0.25) is 5.91 Å². The molecule has 0 aromatic heterocycles. The standard InChI is InChI=1S/C30H40N2O5/c1-7-13-24(21-14-11-10-12-15-21)31-28(35)32-26(34)30(9-3,20-8-2)27(32)36-23-18-16-22(17-19-23)25(33)37-29(4,5)6/h10-12,14-19,24,27H,7-9,13,20H2,1-6H3,(H,31,35)/t24-,27+,30-/m1/s1. The van der Waals surface area contributed by atoms with Gasteiger partial charge in [-0.15, -0.1) is 0 Å². The van der Waals surface area contributed by atoms with E-state index < -0.39 is 29.2 Å². The first-order valence-corrected chi connectivity index (χ1v) is 13.3. The fourth-order valence-corrected chi connectivity index (χ4v) is 4.83. The van der Waals surface area contributed by atoms with Gasteiger partial charge in [-0.05, 0) is 69.9 Å². The Morgan fingerprint density at radius 2 is 1.65 bits per heavy atom. The van der Waals surface area contributed by atoms with E-state index in [4.69, 9.17) is 9.47 Å². The molecule has 200 valence electrons. The van der Waals surface area contributed by atoms with Crippen LogP contribution in [0.15, 0.2) is 54.6 Å². The molecule has 2 aromatic carbocycles. The van der Waals surface area contributed by atoms with Crippen LogP contribution in [0.1, 0.15) is 95.6 Å². The third-order valence-electron chi connectivity index (χ3n) is 6.71. The summed E-state index contributed by atoms with van der Waals surface area (Å²) in [6.07, 6.45) is 2.85. The molecule has 3 atom stereocenters. The molecule has 7 nitrogen and oxygen atoms in total. The fraction of sp³-hybridized carbons (Fsp3) is 0.500. The van der Waals surface area contributed by atoms with Gasteiger partial charge in [0.15, 0.2) is 6.23 Å². The molecule has 1 fully saturated rings. The second-order valence-corrected chi connectivity index (χ2v) is 10.6. The van der Waals surface area contributed by atoms with Crippen LogP contribution in [-0.4, -0.2) is 34.6 Å². The topological polar surface area (TPSA) is 84.9 Å². The molecule has 1 aliphatic rings. The summed E-state index contributed by atoms with van der Waals surface area (Å²) in [6, 6.07) is 15.7. The highest BCUT2D eigenvalue weighted by Crippen LogP contribution is 2.47. The molecule has 0 unspecified atom stereocenters. The van der Waals surface area contributed by atoms with Crippen molar-refractivity contribution in [1.29, 1.82) is 0 Å². The van der Waals surface area contributed by atoms with Crippen molar-refractivity contribution in [3.8, 4) is 5.75 Å². The average molecular weight is 509 g/mol. The fourth-order valence-electron chi connectivity index (χ4n) is 4.83. The smallest absolute Gasteiger partial charge is 0.338 e. The van der Waals surface area contributed by atoms with Gasteiger partial charge in [0.1, 0.15) is 16.8 Å². The summed E-state index contributed by atoms with van der Waals surface area (Å²) in [5, 5.41) is 3.06. The van der Waals surface area contributed by atoms with E-state index in [1.165, 1.54) is 4.90 Å². The molecule has 7 heteroatoms. The number of β-lactam (4-membered cyclic amide) rings is 1. The molecule has 0 saturated carbocycles. The highest BCUT2D eigenvalue weighted by atomic mass is 16.6. The SMILES string of the molecule is CCC[C@@H](NC(=O)N1C(=O)[C@@](CC)(CCC)[C@@H]1Oc1ccc(C(=O)OC(C)(C)C)cc1)c1ccccc1. The number of hydrogen-bond acceptors (Lipinski definition) is 5. The predicted molar refractivity (Wildman–Crippen MR) is 143 cm³/mol. The lowest BCUT2D eigenvalue weighted by Crippen LogP contribution is -2.73. The van der Waals surface area contributed by atoms with E-state index in [1.807, 2.05) is 65.0 Å². The molecule has 2 aromatic rings. The normalized spacial score (nSPS) is 20.1. The first-order chi connectivity index (χ1) is 17.6. The Labute approximate surface area is 220 Å². The van der Waals surface area contributed by atoms with Crippen LogP contribution in [0, 0.1) is 5.41 Å². The lowest BCUT2D eigenvalue weighted by molar-refractivity contribution is -0.191. The van der Waals surface area contributed by atoms with E-state index in [0.29, 0.717) is 24.2 Å². The maximum atomic E-state index is 13.4. The molecule has 0 aliphatic carbocycles. The number of hydrogen-bond donors (Lipinski definition) is 1. The van der Waals surface area contributed by atoms with Crippen molar-refractivity contribution in [2.45, 2.75) is 91.5 Å². The number of likely N-dealkylation sites (tertiary alicyclic amines) is 1. The number of benzene rings is 2. The Morgan fingerprint density at radius 1 is 1.00 bits per heavy atom. The van der Waals surface area contributed by atoms with Crippen LogP contribution in [0.2, 0.25) is 0 Å². The highest BCUT2D eigenvalue weighted by molar-refractivity contribution is 6.03. The van der Waals surface area contributed by atoms with Gasteiger partial charge in [0.25, 0.3) is 0 Å². The van der Waals surface area contributed by atoms with E-state index in [2.05, 4.69) is 12.2 Å². The molecule has 37 heavy (non-hydrogen) atoms. The molecule has 0 radical (unpaired) electrons. The summed E-state index contributed by atoms with van der Waals surface area (Å²) < 4.78 is 11.7. The molecular formula is C30H40N2O5. The molecule has 1 N–H and O–H groups in total. The number of nitrogens with zero attached hydrogens (tertiary/aromatic N) is 1. The Bertz CT molecular complexity index is 1080. The second kappa shape index (κ2) is 11.8. The van der Waals surface area contributed by atoms with Crippen molar-refractivity contribution in [3.63, 3.8) is 0 Å². The summed E-state index contributed by atoms with van der Waals surface area (Å²) in [5.74, 6) is -0.159. The van der Waals surface area contributed by atoms with Crippen LogP contribution >= 0.6 is 0 Å². The molecular weight excluding hydrogens is 468 g/mol. The van der Waals surface area contributed by atoms with E-state index in [9.17, 15) is 14.4 Å². The van der Waals surface area contributed by atoms with Gasteiger partial charge in [-0.3, -0.25) is 4.79 Å². The van der Waals surface area contributed by atoms with Crippen LogP contribution in [0.3, 0.4) is 0 Å². The minimum absolute atomic E-state index is 0.205. The Balaban J connectivity index is 1.82. The quantitative estimate of drug-likeness (QED) is 0.287. The Hall–Kier alpha value is -3.35. The van der Waals surface area contributed by atoms with Crippen LogP contribution in [0.25, 0.3) is 0 Å². The number of rotatable bonds is 10. The average Bonchev–Trinajstić information content (AvgIpc) is 2.86. The minimum Gasteiger partial charge on any atom is -0.469 e. The first kappa shape index (κ1) is 28.2. The van der Waals surface area contributed by atoms with Crippen molar-refractivity contribution < 1.29 is 23.9 Å². The van der Waals surface area contributed by atoms with Crippen LogP contribution < -0.4 is 10.1 Å². The van der Waals surface area contributed by atoms with Crippen molar-refractivity contribution in [2.24, 2.45) is 5.41 Å². The van der Waals surface area contributed by atoms with Gasteiger partial charge in [-0.1, -0.05) is 63.9 Å². The van der Waals surface area contributed by atoms with Gasteiger partial charge >= 0.3 is 12.0 Å². The molecule has 1 aliphatic heterocycles. The maximum Gasteiger partial charge on any atom is 0.338 e. The lowest BCUT2D eigenvalue weighted by Gasteiger charge is -2.53. The zero-order valence-electron chi connectivity index (χ0n) is 22.9. The van der Waals surface area contributed by atoms with E-state index >= 15 is 0 Å². The summed E-state index contributed by atoms with van der Waals surface area (Å²) in [5.41, 5.74) is 0.0318. The molecule has 0 bridgehead atoms. The molecule has 0 spiro atoms. The first-order valence-electron chi connectivity index (χ1n) is 13.3. The summed E-state index contributed by atoms with van der Waals surface area (Å²) in [6.45, 7) is 11.5. The van der Waals surface area contributed by atoms with E-state index in [-0.39, 0.29) is 11.9 Å². The number of carbonyl (C=O) groups is 3. The van der Waals surface area contributed by atoms with Crippen molar-refractivity contribution in [2.75, 3.05) is 0 Å². The molecule has 3 rings (SSSR count). The van der Waals surface area contributed by atoms with Gasteiger partial charge < -0.3 is 14.8 Å². The number of esters is 1. The van der Waals surface area contributed by atoms with Gasteiger partial charge in [0, 0.05) is 0 Å². The summed E-state index contributed by atoms with van der Waals surface area (Å²) in [4.78, 5) is 40.5. The van der Waals surface area contributed by atoms with E-state index in [0.717, 1.165) is 24.8 Å². The summed E-state index contributed by atoms with van der Waals surface area (Å²) >= 11 is 0. The Morgan fingerprint density at radius 3 is 2.19 bits per heavy atom. The number of amides is 3. The van der Waals surface area contributed by atoms with Crippen LogP contribution in [-0.2, 0) is 9.53 Å². The van der Waals surface area contributed by atoms with Crippen LogP contribution in [0.5, 0.6) is 5.75 Å². The number of carbonyl (C=O) groups excluding carboxylic acids is 3. The van der Waals surface area contributed by atoms with Gasteiger partial charge in [-0.25, -0.2) is 14.5 Å². The molecule has 3 amide bonds. The zero-order chi connectivity index (χ0) is 27.2. The zero-order valence-corrected chi connectivity index (χ0v) is 22.9. The van der Waals surface area contributed by atoms with Crippen molar-refractivity contribution in [3.05, 3.63) is 65.7 Å². The molecule has 1 heterocycles. The number of urea groups is 1. The van der Waals surface area contributed by atoms with Crippen LogP contribution in [0.4, 0.5) is 4.79 Å². The number of ether oxygens (including phenoxy) is 2. The molecule has 1 saturated heterocycles. The third kappa shape index (κ3) is 6.32. The number of nitrogens with one attached hydrogen (secondary N) is 1. The van der Waals surface area contributed by atoms with Gasteiger partial charge in [-0.2, -0.15) is 0 Å². The number of imide groups is 1. The highest BCUT2D eigenvalue weighted by Gasteiger charge is 2.63. The van der Waals surface area contributed by atoms with Gasteiger partial charge in [0.05, 0.1) is 11.6 Å². The van der Waals surface area contributed by atoms with E-state index in [1.54, 1.807) is 24.3 Å². The monoisotopic (exact) mass is 508 g/mol. The maximum absolute atomic E-state index is 13.4. The van der Waals surface area contributed by atoms with Crippen molar-refractivity contribution in [1.82, 2.24) is 10.2 Å². The second-order valence-electron chi connectivity index (χ2n) is 10.6. The summed E-state index contributed by atoms with van der Waals surface area (Å²) in [7, 11) is 0. The predicted octanol–water partition coefficient (Wildman–Crippen LogP) is 6.64. The minimum atomic E-state index is -0.775. The Kier molecular flexibility index (Phi) is 9.00. The largest absolute Gasteiger partial charge is 0.469 e. The lowest BCUT2D eigenvalue weighted by atomic mass is 9.70.